The second-order valence-electron chi connectivity index (χ2n) is 5.42. The van der Waals surface area contributed by atoms with E-state index in [0.717, 1.165) is 42.8 Å². The molecule has 0 spiro atoms. The van der Waals surface area contributed by atoms with Gasteiger partial charge in [-0.2, -0.15) is 17.4 Å². The van der Waals surface area contributed by atoms with Gasteiger partial charge in [0.25, 0.3) is 10.2 Å². The van der Waals surface area contributed by atoms with Crippen LogP contribution in [0.1, 0.15) is 36.6 Å². The van der Waals surface area contributed by atoms with Crippen molar-refractivity contribution in [1.29, 1.82) is 0 Å². The molecule has 1 aliphatic heterocycles. The number of nitrogens with zero attached hydrogens (tertiary/aromatic N) is 1. The minimum absolute atomic E-state index is 0.0700. The minimum Gasteiger partial charge on any atom is -0.315 e. The Morgan fingerprint density at radius 2 is 2.24 bits per heavy atom. The first kappa shape index (κ1) is 16.9. The Morgan fingerprint density at radius 1 is 1.43 bits per heavy atom. The summed E-state index contributed by atoms with van der Waals surface area (Å²) in [6.07, 6.45) is 2.99. The van der Waals surface area contributed by atoms with Crippen LogP contribution >= 0.6 is 11.3 Å². The summed E-state index contributed by atoms with van der Waals surface area (Å²) < 4.78 is 29.5. The van der Waals surface area contributed by atoms with E-state index in [4.69, 9.17) is 0 Å². The van der Waals surface area contributed by atoms with Crippen LogP contribution < -0.4 is 10.0 Å². The van der Waals surface area contributed by atoms with Gasteiger partial charge in [-0.05, 0) is 43.3 Å². The van der Waals surface area contributed by atoms with Crippen LogP contribution in [0.2, 0.25) is 0 Å². The van der Waals surface area contributed by atoms with Crippen molar-refractivity contribution in [2.24, 2.45) is 0 Å². The number of hydrogen-bond donors (Lipinski definition) is 2. The van der Waals surface area contributed by atoms with Gasteiger partial charge < -0.3 is 5.32 Å². The standard InChI is InChI=1S/C14H25N3O2S2/c1-3-15-10-13-6-4-5-8-17(13)21(18,19)16-11-14-12(2)7-9-20-14/h7,9,13,15-16H,3-6,8,10-11H2,1-2H3. The van der Waals surface area contributed by atoms with E-state index in [2.05, 4.69) is 10.0 Å². The zero-order valence-electron chi connectivity index (χ0n) is 12.8. The van der Waals surface area contributed by atoms with E-state index in [1.54, 1.807) is 15.6 Å². The third-order valence-corrected chi connectivity index (χ3v) is 6.53. The number of aryl methyl sites for hydroxylation is 1. The van der Waals surface area contributed by atoms with Gasteiger partial charge >= 0.3 is 0 Å². The molecule has 0 radical (unpaired) electrons. The van der Waals surface area contributed by atoms with Crippen LogP contribution in [0.5, 0.6) is 0 Å². The van der Waals surface area contributed by atoms with Crippen LogP contribution in [-0.2, 0) is 16.8 Å². The van der Waals surface area contributed by atoms with E-state index in [1.165, 1.54) is 0 Å². The number of nitrogens with one attached hydrogen (secondary N) is 2. The molecule has 1 aliphatic rings. The lowest BCUT2D eigenvalue weighted by Gasteiger charge is -2.34. The molecule has 1 aromatic heterocycles. The monoisotopic (exact) mass is 331 g/mol. The number of rotatable bonds is 7. The van der Waals surface area contributed by atoms with E-state index in [-0.39, 0.29) is 6.04 Å². The highest BCUT2D eigenvalue weighted by molar-refractivity contribution is 7.87. The van der Waals surface area contributed by atoms with E-state index in [1.807, 2.05) is 25.3 Å². The largest absolute Gasteiger partial charge is 0.315 e. The molecule has 1 unspecified atom stereocenters. The molecule has 1 atom stereocenters. The number of hydrogen-bond acceptors (Lipinski definition) is 4. The Morgan fingerprint density at radius 3 is 2.90 bits per heavy atom. The Balaban J connectivity index is 2.00. The molecule has 0 aromatic carbocycles. The molecular formula is C14H25N3O2S2. The third-order valence-electron chi connectivity index (χ3n) is 3.90. The molecule has 1 saturated heterocycles. The third kappa shape index (κ3) is 4.50. The maximum atomic E-state index is 12.6. The number of likely N-dealkylation sites (N-methyl/N-ethyl adjacent to an activating group) is 1. The summed E-state index contributed by atoms with van der Waals surface area (Å²) in [5.41, 5.74) is 1.14. The van der Waals surface area contributed by atoms with E-state index in [0.29, 0.717) is 13.1 Å². The van der Waals surface area contributed by atoms with Gasteiger partial charge in [0.15, 0.2) is 0 Å². The van der Waals surface area contributed by atoms with Crippen molar-refractivity contribution < 1.29 is 8.42 Å². The molecule has 7 heteroatoms. The van der Waals surface area contributed by atoms with Crippen LogP contribution in [0.3, 0.4) is 0 Å². The highest BCUT2D eigenvalue weighted by Crippen LogP contribution is 2.20. The van der Waals surface area contributed by atoms with Crippen molar-refractivity contribution >= 4 is 21.5 Å². The topological polar surface area (TPSA) is 61.4 Å². The fraction of sp³-hybridized carbons (Fsp3) is 0.714. The highest BCUT2D eigenvalue weighted by Gasteiger charge is 2.31. The highest BCUT2D eigenvalue weighted by atomic mass is 32.2. The summed E-state index contributed by atoms with van der Waals surface area (Å²) in [5.74, 6) is 0. The fourth-order valence-electron chi connectivity index (χ4n) is 2.63. The maximum absolute atomic E-state index is 12.6. The smallest absolute Gasteiger partial charge is 0.280 e. The zero-order chi connectivity index (χ0) is 15.3. The average molecular weight is 332 g/mol. The normalized spacial score (nSPS) is 20.8. The summed E-state index contributed by atoms with van der Waals surface area (Å²) in [4.78, 5) is 1.08. The lowest BCUT2D eigenvalue weighted by Crippen LogP contribution is -2.52. The molecule has 0 saturated carbocycles. The van der Waals surface area contributed by atoms with Gasteiger partial charge in [-0.25, -0.2) is 0 Å². The van der Waals surface area contributed by atoms with Crippen molar-refractivity contribution in [3.05, 3.63) is 21.9 Å². The van der Waals surface area contributed by atoms with Gasteiger partial charge in [-0.15, -0.1) is 11.3 Å². The van der Waals surface area contributed by atoms with Gasteiger partial charge in [0, 0.05) is 30.6 Å². The Bertz CT molecular complexity index is 542. The summed E-state index contributed by atoms with van der Waals surface area (Å²) in [6.45, 7) is 6.65. The first-order chi connectivity index (χ1) is 10.0. The first-order valence-corrected chi connectivity index (χ1v) is 9.86. The van der Waals surface area contributed by atoms with Crippen LogP contribution in [0.25, 0.3) is 0 Å². The lowest BCUT2D eigenvalue weighted by atomic mass is 10.1. The second-order valence-corrected chi connectivity index (χ2v) is 8.13. The summed E-state index contributed by atoms with van der Waals surface area (Å²) >= 11 is 1.59. The molecule has 120 valence electrons. The first-order valence-electron chi connectivity index (χ1n) is 7.54. The van der Waals surface area contributed by atoms with Crippen LogP contribution in [-0.4, -0.2) is 38.4 Å². The zero-order valence-corrected chi connectivity index (χ0v) is 14.4. The molecule has 0 amide bonds. The van der Waals surface area contributed by atoms with Gasteiger partial charge in [-0.3, -0.25) is 0 Å². The molecule has 1 fully saturated rings. The predicted molar refractivity (Wildman–Crippen MR) is 87.7 cm³/mol. The van der Waals surface area contributed by atoms with Gasteiger partial charge in [0.2, 0.25) is 0 Å². The van der Waals surface area contributed by atoms with E-state index in [9.17, 15) is 8.42 Å². The molecule has 0 aliphatic carbocycles. The predicted octanol–water partition coefficient (Wildman–Crippen LogP) is 1.85. The molecule has 2 N–H and O–H groups in total. The van der Waals surface area contributed by atoms with E-state index < -0.39 is 10.2 Å². The molecule has 0 bridgehead atoms. The van der Waals surface area contributed by atoms with Crippen molar-refractivity contribution in [2.75, 3.05) is 19.6 Å². The quantitative estimate of drug-likeness (QED) is 0.802. The summed E-state index contributed by atoms with van der Waals surface area (Å²) in [5, 5.41) is 5.26. The molecule has 5 nitrogen and oxygen atoms in total. The van der Waals surface area contributed by atoms with Crippen molar-refractivity contribution in [1.82, 2.24) is 14.3 Å². The van der Waals surface area contributed by atoms with E-state index >= 15 is 0 Å². The van der Waals surface area contributed by atoms with Gasteiger partial charge in [0.05, 0.1) is 0 Å². The molecule has 2 heterocycles. The molecule has 1 aromatic rings. The van der Waals surface area contributed by atoms with Crippen molar-refractivity contribution in [3.63, 3.8) is 0 Å². The average Bonchev–Trinajstić information content (AvgIpc) is 2.89. The van der Waals surface area contributed by atoms with Crippen molar-refractivity contribution in [2.45, 2.75) is 45.7 Å². The Labute approximate surface area is 131 Å². The Hall–Kier alpha value is -0.470. The van der Waals surface area contributed by atoms with Gasteiger partial charge in [0.1, 0.15) is 0 Å². The maximum Gasteiger partial charge on any atom is 0.280 e. The number of piperidine rings is 1. The lowest BCUT2D eigenvalue weighted by molar-refractivity contribution is 0.244. The molecular weight excluding hydrogens is 306 g/mol. The van der Waals surface area contributed by atoms with Gasteiger partial charge in [-0.1, -0.05) is 13.3 Å². The summed E-state index contributed by atoms with van der Waals surface area (Å²) in [6, 6.07) is 2.09. The van der Waals surface area contributed by atoms with Crippen molar-refractivity contribution in [3.8, 4) is 0 Å². The Kier molecular flexibility index (Phi) is 6.19. The van der Waals surface area contributed by atoms with Crippen LogP contribution in [0, 0.1) is 6.92 Å². The number of thiophene rings is 1. The van der Waals surface area contributed by atoms with Crippen LogP contribution in [0.4, 0.5) is 0 Å². The van der Waals surface area contributed by atoms with Crippen LogP contribution in [0.15, 0.2) is 11.4 Å². The SMILES string of the molecule is CCNCC1CCCCN1S(=O)(=O)NCc1sccc1C. The minimum atomic E-state index is -3.41. The summed E-state index contributed by atoms with van der Waals surface area (Å²) in [7, 11) is -3.41. The molecule has 2 rings (SSSR count). The second kappa shape index (κ2) is 7.69. The fourth-order valence-corrected chi connectivity index (χ4v) is 5.00. The molecule has 21 heavy (non-hydrogen) atoms.